The molecule has 1 fully saturated rings. The third kappa shape index (κ3) is 2.13. The van der Waals surface area contributed by atoms with Crippen molar-refractivity contribution in [3.05, 3.63) is 24.0 Å². The van der Waals surface area contributed by atoms with Gasteiger partial charge in [-0.3, -0.25) is 5.10 Å². The van der Waals surface area contributed by atoms with Gasteiger partial charge < -0.3 is 15.1 Å². The Labute approximate surface area is 106 Å². The maximum absolute atomic E-state index is 5.39. The number of hydrogen-bond acceptors (Lipinski definition) is 4. The summed E-state index contributed by atoms with van der Waals surface area (Å²) in [6, 6.07) is 4.34. The minimum Gasteiger partial charge on any atom is -0.463 e. The number of piperidine rings is 1. The summed E-state index contributed by atoms with van der Waals surface area (Å²) in [7, 11) is 0. The molecule has 0 aromatic carbocycles. The van der Waals surface area contributed by atoms with Crippen LogP contribution in [-0.2, 0) is 0 Å². The molecular formula is C13H18N4O. The molecule has 96 valence electrons. The van der Waals surface area contributed by atoms with Crippen LogP contribution in [0.15, 0.2) is 22.8 Å². The van der Waals surface area contributed by atoms with Crippen molar-refractivity contribution in [1.29, 1.82) is 0 Å². The van der Waals surface area contributed by atoms with E-state index >= 15 is 0 Å². The van der Waals surface area contributed by atoms with Crippen LogP contribution in [-0.4, -0.2) is 29.3 Å². The lowest BCUT2D eigenvalue weighted by atomic mass is 10.1. The second-order valence-electron chi connectivity index (χ2n) is 4.72. The first kappa shape index (κ1) is 11.3. The van der Waals surface area contributed by atoms with E-state index in [0.29, 0.717) is 6.04 Å². The van der Waals surface area contributed by atoms with E-state index in [1.54, 1.807) is 6.26 Å². The standard InChI is InChI=1S/C13H18N4O/c1-9-12(11-3-2-8-18-11)16-17-13(9)15-10-4-6-14-7-5-10/h2-3,8,10,14H,4-7H2,1H3,(H2,15,16,17). The predicted molar refractivity (Wildman–Crippen MR) is 70.5 cm³/mol. The van der Waals surface area contributed by atoms with E-state index in [4.69, 9.17) is 4.42 Å². The maximum Gasteiger partial charge on any atom is 0.151 e. The number of aromatic amines is 1. The molecule has 3 N–H and O–H groups in total. The lowest BCUT2D eigenvalue weighted by Crippen LogP contribution is -2.35. The van der Waals surface area contributed by atoms with Crippen LogP contribution in [0.5, 0.6) is 0 Å². The monoisotopic (exact) mass is 246 g/mol. The lowest BCUT2D eigenvalue weighted by molar-refractivity contribution is 0.478. The molecule has 2 aromatic rings. The van der Waals surface area contributed by atoms with Gasteiger partial charge in [0.15, 0.2) is 11.6 Å². The van der Waals surface area contributed by atoms with E-state index in [-0.39, 0.29) is 0 Å². The smallest absolute Gasteiger partial charge is 0.151 e. The van der Waals surface area contributed by atoms with Gasteiger partial charge in [-0.15, -0.1) is 0 Å². The highest BCUT2D eigenvalue weighted by molar-refractivity contribution is 5.64. The third-order valence-corrected chi connectivity index (χ3v) is 3.46. The van der Waals surface area contributed by atoms with E-state index < -0.39 is 0 Å². The largest absolute Gasteiger partial charge is 0.463 e. The van der Waals surface area contributed by atoms with Gasteiger partial charge >= 0.3 is 0 Å². The van der Waals surface area contributed by atoms with E-state index in [9.17, 15) is 0 Å². The van der Waals surface area contributed by atoms with Crippen molar-refractivity contribution in [1.82, 2.24) is 15.5 Å². The fourth-order valence-electron chi connectivity index (χ4n) is 2.36. The Morgan fingerprint density at radius 1 is 1.39 bits per heavy atom. The minimum atomic E-state index is 0.512. The number of anilines is 1. The first-order chi connectivity index (χ1) is 8.84. The van der Waals surface area contributed by atoms with Crippen molar-refractivity contribution in [3.63, 3.8) is 0 Å². The zero-order chi connectivity index (χ0) is 12.4. The Morgan fingerprint density at radius 3 is 2.94 bits per heavy atom. The molecular weight excluding hydrogens is 228 g/mol. The second-order valence-corrected chi connectivity index (χ2v) is 4.72. The Kier molecular flexibility index (Phi) is 3.06. The molecule has 5 heteroatoms. The van der Waals surface area contributed by atoms with E-state index in [1.165, 1.54) is 0 Å². The maximum atomic E-state index is 5.39. The molecule has 0 bridgehead atoms. The lowest BCUT2D eigenvalue weighted by Gasteiger charge is -2.23. The minimum absolute atomic E-state index is 0.512. The Balaban J connectivity index is 1.77. The zero-order valence-corrected chi connectivity index (χ0v) is 10.5. The van der Waals surface area contributed by atoms with Gasteiger partial charge in [0.05, 0.1) is 6.26 Å². The highest BCUT2D eigenvalue weighted by atomic mass is 16.3. The predicted octanol–water partition coefficient (Wildman–Crippen LogP) is 2.14. The number of rotatable bonds is 3. The Bertz CT molecular complexity index is 497. The van der Waals surface area contributed by atoms with Gasteiger partial charge in [0.25, 0.3) is 0 Å². The average Bonchev–Trinajstić information content (AvgIpc) is 3.02. The number of nitrogens with one attached hydrogen (secondary N) is 3. The van der Waals surface area contributed by atoms with Crippen molar-refractivity contribution in [2.24, 2.45) is 0 Å². The van der Waals surface area contributed by atoms with Crippen LogP contribution in [0, 0.1) is 6.92 Å². The zero-order valence-electron chi connectivity index (χ0n) is 10.5. The second kappa shape index (κ2) is 4.86. The molecule has 0 saturated carbocycles. The summed E-state index contributed by atoms with van der Waals surface area (Å²) >= 11 is 0. The molecule has 1 aliphatic rings. The molecule has 0 radical (unpaired) electrons. The fraction of sp³-hybridized carbons (Fsp3) is 0.462. The topological polar surface area (TPSA) is 65.9 Å². The van der Waals surface area contributed by atoms with Gasteiger partial charge in [-0.1, -0.05) is 0 Å². The van der Waals surface area contributed by atoms with Gasteiger partial charge in [-0.25, -0.2) is 0 Å². The van der Waals surface area contributed by atoms with Crippen LogP contribution in [0.4, 0.5) is 5.82 Å². The van der Waals surface area contributed by atoms with Crippen LogP contribution < -0.4 is 10.6 Å². The van der Waals surface area contributed by atoms with Gasteiger partial charge in [0.1, 0.15) is 5.69 Å². The average molecular weight is 246 g/mol. The Hall–Kier alpha value is -1.75. The summed E-state index contributed by atoms with van der Waals surface area (Å²) in [5.41, 5.74) is 2.07. The molecule has 3 rings (SSSR count). The number of nitrogens with zero attached hydrogens (tertiary/aromatic N) is 1. The molecule has 0 amide bonds. The molecule has 0 spiro atoms. The normalized spacial score (nSPS) is 16.9. The molecule has 1 aliphatic heterocycles. The number of hydrogen-bond donors (Lipinski definition) is 3. The third-order valence-electron chi connectivity index (χ3n) is 3.46. The van der Waals surface area contributed by atoms with Gasteiger partial charge in [0, 0.05) is 11.6 Å². The molecule has 1 saturated heterocycles. The summed E-state index contributed by atoms with van der Waals surface area (Å²) in [5.74, 6) is 1.77. The molecule has 2 aromatic heterocycles. The van der Waals surface area contributed by atoms with Gasteiger partial charge in [-0.2, -0.15) is 5.10 Å². The Morgan fingerprint density at radius 2 is 2.22 bits per heavy atom. The van der Waals surface area contributed by atoms with Crippen molar-refractivity contribution < 1.29 is 4.42 Å². The highest BCUT2D eigenvalue weighted by Gasteiger charge is 2.17. The van der Waals surface area contributed by atoms with E-state index in [1.807, 2.05) is 12.1 Å². The molecule has 18 heavy (non-hydrogen) atoms. The van der Waals surface area contributed by atoms with Crippen LogP contribution in [0.25, 0.3) is 11.5 Å². The first-order valence-electron chi connectivity index (χ1n) is 6.40. The molecule has 0 aliphatic carbocycles. The van der Waals surface area contributed by atoms with Crippen molar-refractivity contribution >= 4 is 5.82 Å². The number of H-pyrrole nitrogens is 1. The van der Waals surface area contributed by atoms with Crippen LogP contribution >= 0.6 is 0 Å². The quantitative estimate of drug-likeness (QED) is 0.776. The first-order valence-corrected chi connectivity index (χ1v) is 6.40. The van der Waals surface area contributed by atoms with Gasteiger partial charge in [-0.05, 0) is 45.0 Å². The summed E-state index contributed by atoms with van der Waals surface area (Å²) in [5, 5.41) is 14.3. The van der Waals surface area contributed by atoms with E-state index in [0.717, 1.165) is 48.8 Å². The van der Waals surface area contributed by atoms with Crippen LogP contribution in [0.1, 0.15) is 18.4 Å². The van der Waals surface area contributed by atoms with E-state index in [2.05, 4.69) is 27.8 Å². The molecule has 3 heterocycles. The molecule has 5 nitrogen and oxygen atoms in total. The summed E-state index contributed by atoms with van der Waals surface area (Å²) < 4.78 is 5.39. The van der Waals surface area contributed by atoms with Gasteiger partial charge in [0.2, 0.25) is 0 Å². The van der Waals surface area contributed by atoms with Crippen molar-refractivity contribution in [2.75, 3.05) is 18.4 Å². The number of aromatic nitrogens is 2. The van der Waals surface area contributed by atoms with Crippen molar-refractivity contribution in [2.45, 2.75) is 25.8 Å². The summed E-state index contributed by atoms with van der Waals surface area (Å²) in [4.78, 5) is 0. The molecule has 0 atom stereocenters. The molecule has 0 unspecified atom stereocenters. The SMILES string of the molecule is Cc1c(NC2CCNCC2)n[nH]c1-c1ccco1. The summed E-state index contributed by atoms with van der Waals surface area (Å²) in [6.45, 7) is 4.21. The summed E-state index contributed by atoms with van der Waals surface area (Å²) in [6.07, 6.45) is 3.96. The van der Waals surface area contributed by atoms with Crippen LogP contribution in [0.3, 0.4) is 0 Å². The fourth-order valence-corrected chi connectivity index (χ4v) is 2.36. The highest BCUT2D eigenvalue weighted by Crippen LogP contribution is 2.27. The number of furan rings is 1. The van der Waals surface area contributed by atoms with Crippen LogP contribution in [0.2, 0.25) is 0 Å². The van der Waals surface area contributed by atoms with Crippen molar-refractivity contribution in [3.8, 4) is 11.5 Å².